The number of esters is 1. The zero-order valence-electron chi connectivity index (χ0n) is 14.7. The molecular formula is C21H19ClFNO3. The van der Waals surface area contributed by atoms with Crippen molar-refractivity contribution < 1.29 is 18.7 Å². The number of amides is 1. The highest BCUT2D eigenvalue weighted by atomic mass is 35.5. The lowest BCUT2D eigenvalue weighted by atomic mass is 9.83. The predicted octanol–water partition coefficient (Wildman–Crippen LogP) is 4.10. The predicted molar refractivity (Wildman–Crippen MR) is 99.1 cm³/mol. The maximum Gasteiger partial charge on any atom is 0.339 e. The van der Waals surface area contributed by atoms with E-state index in [-0.39, 0.29) is 30.5 Å². The van der Waals surface area contributed by atoms with E-state index in [4.69, 9.17) is 16.3 Å². The molecule has 0 bridgehead atoms. The molecular weight excluding hydrogens is 369 g/mol. The van der Waals surface area contributed by atoms with Gasteiger partial charge in [-0.3, -0.25) is 4.79 Å². The zero-order chi connectivity index (χ0) is 19.0. The molecule has 0 N–H and O–H groups in total. The van der Waals surface area contributed by atoms with E-state index in [1.807, 2.05) is 18.2 Å². The first kappa shape index (κ1) is 18.0. The second-order valence-electron chi connectivity index (χ2n) is 7.01. The Hall–Kier alpha value is -2.40. The summed E-state index contributed by atoms with van der Waals surface area (Å²) in [6, 6.07) is 12.0. The maximum atomic E-state index is 13.9. The molecule has 4 nitrogen and oxygen atoms in total. The molecule has 1 amide bonds. The van der Waals surface area contributed by atoms with Gasteiger partial charge in [0.15, 0.2) is 0 Å². The number of fused-ring (bicyclic) bond motifs is 2. The third-order valence-corrected chi connectivity index (χ3v) is 5.85. The van der Waals surface area contributed by atoms with Gasteiger partial charge in [-0.25, -0.2) is 9.18 Å². The molecule has 140 valence electrons. The van der Waals surface area contributed by atoms with Crippen LogP contribution in [0.15, 0.2) is 42.5 Å². The van der Waals surface area contributed by atoms with Gasteiger partial charge in [0.05, 0.1) is 5.56 Å². The average molecular weight is 388 g/mol. The molecule has 1 spiro atoms. The Morgan fingerprint density at radius 2 is 1.89 bits per heavy atom. The molecule has 0 radical (unpaired) electrons. The van der Waals surface area contributed by atoms with E-state index < -0.39 is 5.60 Å². The molecule has 0 aromatic heterocycles. The SMILES string of the molecule is O=C1OC2(CCN(C(=O)CCc3c(F)cccc3Cl)CC2)c2ccccc21. The van der Waals surface area contributed by atoms with E-state index in [2.05, 4.69) is 0 Å². The first-order valence-corrected chi connectivity index (χ1v) is 9.41. The Morgan fingerprint density at radius 1 is 1.15 bits per heavy atom. The second kappa shape index (κ2) is 6.97. The molecule has 0 unspecified atom stereocenters. The molecule has 0 atom stereocenters. The fourth-order valence-electron chi connectivity index (χ4n) is 4.00. The van der Waals surface area contributed by atoms with E-state index in [9.17, 15) is 14.0 Å². The van der Waals surface area contributed by atoms with Crippen molar-refractivity contribution in [2.24, 2.45) is 0 Å². The number of ether oxygens (including phenoxy) is 1. The number of likely N-dealkylation sites (tertiary alicyclic amines) is 1. The minimum atomic E-state index is -0.626. The molecule has 1 saturated heterocycles. The highest BCUT2D eigenvalue weighted by molar-refractivity contribution is 6.31. The van der Waals surface area contributed by atoms with Crippen molar-refractivity contribution in [1.82, 2.24) is 4.90 Å². The summed E-state index contributed by atoms with van der Waals surface area (Å²) >= 11 is 6.03. The summed E-state index contributed by atoms with van der Waals surface area (Å²) in [5.41, 5.74) is 1.28. The summed E-state index contributed by atoms with van der Waals surface area (Å²) in [5.74, 6) is -0.719. The van der Waals surface area contributed by atoms with Crippen molar-refractivity contribution in [3.8, 4) is 0 Å². The van der Waals surface area contributed by atoms with Gasteiger partial charge < -0.3 is 9.64 Å². The van der Waals surface area contributed by atoms with E-state index in [0.29, 0.717) is 42.1 Å². The summed E-state index contributed by atoms with van der Waals surface area (Å²) in [6.07, 6.45) is 1.61. The summed E-state index contributed by atoms with van der Waals surface area (Å²) in [7, 11) is 0. The molecule has 2 aliphatic rings. The van der Waals surface area contributed by atoms with Gasteiger partial charge in [-0.2, -0.15) is 0 Å². The van der Waals surface area contributed by atoms with E-state index in [1.54, 1.807) is 23.1 Å². The van der Waals surface area contributed by atoms with Crippen LogP contribution in [0.3, 0.4) is 0 Å². The topological polar surface area (TPSA) is 46.6 Å². The van der Waals surface area contributed by atoms with Crippen LogP contribution in [0.4, 0.5) is 4.39 Å². The van der Waals surface area contributed by atoms with E-state index >= 15 is 0 Å². The third-order valence-electron chi connectivity index (χ3n) is 5.50. The van der Waals surface area contributed by atoms with Crippen molar-refractivity contribution in [2.45, 2.75) is 31.3 Å². The fraction of sp³-hybridized carbons (Fsp3) is 0.333. The van der Waals surface area contributed by atoms with E-state index in [1.165, 1.54) is 6.07 Å². The standard InChI is InChI=1S/C21H19ClFNO3/c22-17-6-3-7-18(23)15(17)8-9-19(25)24-12-10-21(11-13-24)16-5-2-1-4-14(16)20(26)27-21/h1-7H,8-13H2. The van der Waals surface area contributed by atoms with Crippen LogP contribution < -0.4 is 0 Å². The zero-order valence-corrected chi connectivity index (χ0v) is 15.5. The Bertz CT molecular complexity index is 886. The van der Waals surface area contributed by atoms with Crippen molar-refractivity contribution in [3.05, 3.63) is 70.0 Å². The average Bonchev–Trinajstić information content (AvgIpc) is 2.94. The first-order chi connectivity index (χ1) is 13.0. The lowest BCUT2D eigenvalue weighted by Gasteiger charge is -2.38. The molecule has 0 saturated carbocycles. The third kappa shape index (κ3) is 3.21. The number of rotatable bonds is 3. The van der Waals surface area contributed by atoms with Crippen LogP contribution in [-0.4, -0.2) is 29.9 Å². The van der Waals surface area contributed by atoms with Gasteiger partial charge >= 0.3 is 5.97 Å². The van der Waals surface area contributed by atoms with Crippen LogP contribution in [0.2, 0.25) is 5.02 Å². The van der Waals surface area contributed by atoms with Crippen LogP contribution in [0.1, 0.15) is 40.7 Å². The molecule has 6 heteroatoms. The number of benzene rings is 2. The molecule has 2 aromatic carbocycles. The first-order valence-electron chi connectivity index (χ1n) is 9.04. The van der Waals surface area contributed by atoms with Crippen molar-refractivity contribution in [1.29, 1.82) is 0 Å². The molecule has 2 aromatic rings. The Labute approximate surface area is 161 Å². The molecule has 0 aliphatic carbocycles. The number of nitrogens with zero attached hydrogens (tertiary/aromatic N) is 1. The summed E-state index contributed by atoms with van der Waals surface area (Å²) in [4.78, 5) is 26.4. The Balaban J connectivity index is 1.40. The molecule has 2 heterocycles. The quantitative estimate of drug-likeness (QED) is 0.745. The van der Waals surface area contributed by atoms with E-state index in [0.717, 1.165) is 5.56 Å². The summed E-state index contributed by atoms with van der Waals surface area (Å²) < 4.78 is 19.6. The molecule has 2 aliphatic heterocycles. The number of halogens is 2. The van der Waals surface area contributed by atoms with Crippen LogP contribution in [-0.2, 0) is 21.6 Å². The van der Waals surface area contributed by atoms with Crippen LogP contribution in [0.25, 0.3) is 0 Å². The molecule has 4 rings (SSSR count). The normalized spacial score (nSPS) is 17.7. The highest BCUT2D eigenvalue weighted by Gasteiger charge is 2.47. The van der Waals surface area contributed by atoms with Gasteiger partial charge in [0.2, 0.25) is 5.91 Å². The summed E-state index contributed by atoms with van der Waals surface area (Å²) in [6.45, 7) is 1.01. The second-order valence-corrected chi connectivity index (χ2v) is 7.42. The van der Waals surface area contributed by atoms with Gasteiger partial charge in [0.1, 0.15) is 11.4 Å². The van der Waals surface area contributed by atoms with Gasteiger partial charge in [-0.1, -0.05) is 35.9 Å². The van der Waals surface area contributed by atoms with Crippen molar-refractivity contribution in [3.63, 3.8) is 0 Å². The smallest absolute Gasteiger partial charge is 0.339 e. The Morgan fingerprint density at radius 3 is 2.63 bits per heavy atom. The van der Waals surface area contributed by atoms with Gasteiger partial charge in [0, 0.05) is 48.5 Å². The summed E-state index contributed by atoms with van der Waals surface area (Å²) in [5, 5.41) is 0.342. The molecule has 27 heavy (non-hydrogen) atoms. The lowest BCUT2D eigenvalue weighted by Crippen LogP contribution is -2.45. The highest BCUT2D eigenvalue weighted by Crippen LogP contribution is 2.44. The van der Waals surface area contributed by atoms with Crippen LogP contribution in [0, 0.1) is 5.82 Å². The van der Waals surface area contributed by atoms with Crippen molar-refractivity contribution >= 4 is 23.5 Å². The fourth-order valence-corrected chi connectivity index (χ4v) is 4.25. The minimum Gasteiger partial charge on any atom is -0.450 e. The number of carbonyl (C=O) groups is 2. The maximum absolute atomic E-state index is 13.9. The van der Waals surface area contributed by atoms with Crippen molar-refractivity contribution in [2.75, 3.05) is 13.1 Å². The monoisotopic (exact) mass is 387 g/mol. The molecule has 1 fully saturated rings. The number of piperidine rings is 1. The van der Waals surface area contributed by atoms with Crippen LogP contribution >= 0.6 is 11.6 Å². The van der Waals surface area contributed by atoms with Crippen LogP contribution in [0.5, 0.6) is 0 Å². The lowest BCUT2D eigenvalue weighted by molar-refractivity contribution is -0.135. The Kier molecular flexibility index (Phi) is 4.64. The number of hydrogen-bond donors (Lipinski definition) is 0. The van der Waals surface area contributed by atoms with Gasteiger partial charge in [0.25, 0.3) is 0 Å². The largest absolute Gasteiger partial charge is 0.450 e. The minimum absolute atomic E-state index is 0.0400. The number of carbonyl (C=O) groups excluding carboxylic acids is 2. The number of hydrogen-bond acceptors (Lipinski definition) is 3. The van der Waals surface area contributed by atoms with Gasteiger partial charge in [-0.15, -0.1) is 0 Å². The van der Waals surface area contributed by atoms with Gasteiger partial charge in [-0.05, 0) is 24.6 Å².